The molecule has 2 rings (SSSR count). The number of rotatable bonds is 16. The second kappa shape index (κ2) is 16.8. The van der Waals surface area contributed by atoms with Crippen molar-refractivity contribution in [3.63, 3.8) is 0 Å². The van der Waals surface area contributed by atoms with Crippen molar-refractivity contribution in [2.75, 3.05) is 13.7 Å². The minimum atomic E-state index is -1.55. The van der Waals surface area contributed by atoms with E-state index in [1.807, 2.05) is 44.2 Å². The average Bonchev–Trinajstić information content (AvgIpc) is 2.96. The quantitative estimate of drug-likeness (QED) is 0.164. The molecule has 1 aromatic heterocycles. The summed E-state index contributed by atoms with van der Waals surface area (Å²) in [5, 5.41) is 24.6. The Morgan fingerprint density at radius 2 is 1.60 bits per heavy atom. The predicted molar refractivity (Wildman–Crippen MR) is 151 cm³/mol. The van der Waals surface area contributed by atoms with Gasteiger partial charge < -0.3 is 34.9 Å². The predicted octanol–water partition coefficient (Wildman–Crippen LogP) is 1.38. The number of carbonyl (C=O) groups excluding carboxylic acids is 4. The van der Waals surface area contributed by atoms with Gasteiger partial charge in [0.05, 0.1) is 37.7 Å². The van der Waals surface area contributed by atoms with Gasteiger partial charge in [-0.05, 0) is 31.4 Å². The first-order chi connectivity index (χ1) is 19.9. The summed E-state index contributed by atoms with van der Waals surface area (Å²) in [5.74, 6) is -5.61. The minimum absolute atomic E-state index is 0.00994. The maximum Gasteiger partial charge on any atom is 0.551 e. The van der Waals surface area contributed by atoms with Gasteiger partial charge in [0.2, 0.25) is 5.91 Å². The molecule has 1 heterocycles. The summed E-state index contributed by atoms with van der Waals surface area (Å²) in [6, 6.07) is 12.5. The topological polar surface area (TPSA) is 190 Å². The number of hydrogen-bond acceptors (Lipinski definition) is 10. The fraction of sp³-hybridized carbons (Fsp3) is 0.429. The highest BCUT2D eigenvalue weighted by Crippen LogP contribution is 2.17. The zero-order valence-corrected chi connectivity index (χ0v) is 23.9. The largest absolute Gasteiger partial charge is 0.551 e. The van der Waals surface area contributed by atoms with E-state index in [1.54, 1.807) is 12.1 Å². The van der Waals surface area contributed by atoms with Crippen molar-refractivity contribution >= 4 is 36.8 Å². The van der Waals surface area contributed by atoms with E-state index in [1.165, 1.54) is 13.0 Å². The molecule has 0 aliphatic rings. The SMILES string of the molecule is COC(=O)CCC(=O)OB(OCC(=O)O)[C@H](CC(C)C)NC(=O)C(NC(=O)c1cccc(-c2ccccc2)n1)[C@@H](C)O. The van der Waals surface area contributed by atoms with Crippen molar-refractivity contribution in [1.29, 1.82) is 0 Å². The van der Waals surface area contributed by atoms with Crippen LogP contribution in [0.2, 0.25) is 0 Å². The van der Waals surface area contributed by atoms with E-state index in [-0.39, 0.29) is 30.9 Å². The van der Waals surface area contributed by atoms with Crippen LogP contribution in [0.15, 0.2) is 48.5 Å². The van der Waals surface area contributed by atoms with E-state index in [9.17, 15) is 29.1 Å². The number of amides is 2. The first kappa shape index (κ1) is 33.9. The molecule has 0 fully saturated rings. The maximum atomic E-state index is 13.3. The molecule has 0 bridgehead atoms. The normalized spacial score (nSPS) is 12.9. The molecule has 1 aromatic carbocycles. The summed E-state index contributed by atoms with van der Waals surface area (Å²) >= 11 is 0. The minimum Gasteiger partial charge on any atom is -0.508 e. The number of nitrogens with one attached hydrogen (secondary N) is 2. The van der Waals surface area contributed by atoms with Crippen LogP contribution in [-0.2, 0) is 33.2 Å². The van der Waals surface area contributed by atoms with Crippen LogP contribution in [0.1, 0.15) is 50.5 Å². The Kier molecular flexibility index (Phi) is 13.6. The Hall–Kier alpha value is -4.30. The molecular formula is C28H36BN3O10. The first-order valence-electron chi connectivity index (χ1n) is 13.3. The number of benzene rings is 1. The smallest absolute Gasteiger partial charge is 0.508 e. The number of aliphatic hydroxyl groups excluding tert-OH is 1. The molecule has 0 radical (unpaired) electrons. The molecule has 0 saturated carbocycles. The van der Waals surface area contributed by atoms with Crippen LogP contribution < -0.4 is 10.6 Å². The number of methoxy groups -OCH3 is 1. The number of aromatic nitrogens is 1. The van der Waals surface area contributed by atoms with Crippen molar-refractivity contribution in [1.82, 2.24) is 15.6 Å². The summed E-state index contributed by atoms with van der Waals surface area (Å²) in [5.41, 5.74) is 1.32. The number of carboxylic acids is 1. The molecule has 0 aliphatic heterocycles. The third-order valence-electron chi connectivity index (χ3n) is 5.86. The zero-order valence-electron chi connectivity index (χ0n) is 23.9. The van der Waals surface area contributed by atoms with Crippen molar-refractivity contribution in [2.45, 2.75) is 58.1 Å². The van der Waals surface area contributed by atoms with E-state index < -0.39 is 61.5 Å². The van der Waals surface area contributed by atoms with E-state index in [0.29, 0.717) is 5.69 Å². The highest BCUT2D eigenvalue weighted by atomic mass is 16.6. The monoisotopic (exact) mass is 585 g/mol. The summed E-state index contributed by atoms with van der Waals surface area (Å²) in [6.45, 7) is 4.08. The molecule has 0 aliphatic carbocycles. The van der Waals surface area contributed by atoms with E-state index in [4.69, 9.17) is 14.4 Å². The Morgan fingerprint density at radius 1 is 0.929 bits per heavy atom. The Bertz CT molecular complexity index is 1230. The molecular weight excluding hydrogens is 549 g/mol. The molecule has 226 valence electrons. The second-order valence-corrected chi connectivity index (χ2v) is 9.85. The van der Waals surface area contributed by atoms with Crippen molar-refractivity contribution < 1.29 is 48.2 Å². The van der Waals surface area contributed by atoms with Gasteiger partial charge in [0.1, 0.15) is 18.3 Å². The summed E-state index contributed by atoms with van der Waals surface area (Å²) in [6.07, 6.45) is -1.84. The van der Waals surface area contributed by atoms with Gasteiger partial charge in [-0.15, -0.1) is 0 Å². The number of esters is 1. The number of carboxylic acid groups (broad SMARTS) is 1. The number of hydrogen-bond donors (Lipinski definition) is 4. The molecule has 0 spiro atoms. The number of aliphatic hydroxyl groups is 1. The molecule has 13 nitrogen and oxygen atoms in total. The van der Waals surface area contributed by atoms with Crippen LogP contribution in [0.3, 0.4) is 0 Å². The van der Waals surface area contributed by atoms with Gasteiger partial charge in [-0.25, -0.2) is 9.78 Å². The standard InChI is InChI=1S/C28H36BN3O10/c1-17(2)15-22(29(41-16-23(34)35)42-25(37)14-13-24(36)40-4)31-28(39)26(18(3)33)32-27(38)21-12-8-11-20(30-21)19-9-6-5-7-10-19/h5-12,17-18,22,26,33H,13-16H2,1-4H3,(H,31,39)(H,32,38)(H,34,35)/t18-,22+,26?/m1/s1. The lowest BCUT2D eigenvalue weighted by Crippen LogP contribution is -2.58. The molecule has 42 heavy (non-hydrogen) atoms. The summed E-state index contributed by atoms with van der Waals surface area (Å²) in [7, 11) is -0.388. The number of pyridine rings is 1. The average molecular weight is 585 g/mol. The Balaban J connectivity index is 2.23. The van der Waals surface area contributed by atoms with Crippen molar-refractivity contribution in [3.8, 4) is 11.3 Å². The highest BCUT2D eigenvalue weighted by Gasteiger charge is 2.39. The molecule has 14 heteroatoms. The van der Waals surface area contributed by atoms with Gasteiger partial charge in [-0.2, -0.15) is 0 Å². The maximum absolute atomic E-state index is 13.3. The number of aliphatic carboxylic acids is 1. The van der Waals surface area contributed by atoms with Crippen LogP contribution in [-0.4, -0.2) is 83.8 Å². The molecule has 0 saturated heterocycles. The lowest BCUT2D eigenvalue weighted by atomic mass is 9.73. The highest BCUT2D eigenvalue weighted by molar-refractivity contribution is 6.49. The Morgan fingerprint density at radius 3 is 2.19 bits per heavy atom. The van der Waals surface area contributed by atoms with Crippen LogP contribution in [0, 0.1) is 5.92 Å². The van der Waals surface area contributed by atoms with Gasteiger partial charge in [-0.3, -0.25) is 19.2 Å². The second-order valence-electron chi connectivity index (χ2n) is 9.85. The van der Waals surface area contributed by atoms with Crippen LogP contribution >= 0.6 is 0 Å². The van der Waals surface area contributed by atoms with Gasteiger partial charge in [0.15, 0.2) is 0 Å². The molecule has 4 N–H and O–H groups in total. The van der Waals surface area contributed by atoms with Gasteiger partial charge in [0, 0.05) is 5.56 Å². The van der Waals surface area contributed by atoms with E-state index in [0.717, 1.165) is 12.7 Å². The fourth-order valence-electron chi connectivity index (χ4n) is 3.85. The van der Waals surface area contributed by atoms with Crippen LogP contribution in [0.5, 0.6) is 0 Å². The lowest BCUT2D eigenvalue weighted by Gasteiger charge is -2.28. The van der Waals surface area contributed by atoms with Gasteiger partial charge >= 0.3 is 19.1 Å². The van der Waals surface area contributed by atoms with E-state index in [2.05, 4.69) is 20.4 Å². The molecule has 1 unspecified atom stereocenters. The first-order valence-corrected chi connectivity index (χ1v) is 13.3. The summed E-state index contributed by atoms with van der Waals surface area (Å²) < 4.78 is 15.1. The lowest BCUT2D eigenvalue weighted by molar-refractivity contribution is -0.145. The number of nitrogens with zero attached hydrogens (tertiary/aromatic N) is 1. The number of carbonyl (C=O) groups is 5. The van der Waals surface area contributed by atoms with Crippen molar-refractivity contribution in [3.05, 3.63) is 54.2 Å². The fourth-order valence-corrected chi connectivity index (χ4v) is 3.85. The zero-order chi connectivity index (χ0) is 31.2. The van der Waals surface area contributed by atoms with Crippen LogP contribution in [0.4, 0.5) is 0 Å². The third-order valence-corrected chi connectivity index (χ3v) is 5.86. The van der Waals surface area contributed by atoms with E-state index >= 15 is 0 Å². The van der Waals surface area contributed by atoms with Gasteiger partial charge in [-0.1, -0.05) is 50.2 Å². The number of ether oxygens (including phenoxy) is 1. The summed E-state index contributed by atoms with van der Waals surface area (Å²) in [4.78, 5) is 65.7. The molecule has 2 amide bonds. The Labute approximate surface area is 244 Å². The van der Waals surface area contributed by atoms with Gasteiger partial charge in [0.25, 0.3) is 11.9 Å². The van der Waals surface area contributed by atoms with Crippen molar-refractivity contribution in [2.24, 2.45) is 5.92 Å². The molecule has 3 atom stereocenters. The third kappa shape index (κ3) is 11.3. The van der Waals surface area contributed by atoms with Crippen LogP contribution in [0.25, 0.3) is 11.3 Å². The molecule has 2 aromatic rings.